The fourth-order valence-corrected chi connectivity index (χ4v) is 1.77. The summed E-state index contributed by atoms with van der Waals surface area (Å²) in [7, 11) is 0. The third-order valence-electron chi connectivity index (χ3n) is 2.13. The van der Waals surface area contributed by atoms with E-state index in [1.165, 1.54) is 6.92 Å². The fourth-order valence-electron chi connectivity index (χ4n) is 1.49. The molecule has 2 aromatic heterocycles. The number of carbonyl (C=O) groups is 1. The zero-order valence-corrected chi connectivity index (χ0v) is 10.2. The number of aromatic nitrogens is 3. The number of H-pyrrole nitrogens is 1. The number of aromatic amines is 1. The Labute approximate surface area is 103 Å². The van der Waals surface area contributed by atoms with Gasteiger partial charge in [-0.1, -0.05) is 11.6 Å². The molecule has 0 aromatic carbocycles. The number of halogens is 1. The lowest BCUT2D eigenvalue weighted by atomic mass is 10.2. The quantitative estimate of drug-likeness (QED) is 0.860. The van der Waals surface area contributed by atoms with Gasteiger partial charge in [-0.25, -0.2) is 9.97 Å². The van der Waals surface area contributed by atoms with E-state index < -0.39 is 0 Å². The number of nitrogens with one attached hydrogen (secondary N) is 2. The van der Waals surface area contributed by atoms with E-state index in [4.69, 9.17) is 11.6 Å². The smallest absolute Gasteiger partial charge is 0.222 e. The molecule has 0 bridgehead atoms. The lowest BCUT2D eigenvalue weighted by Crippen LogP contribution is -2.07. The monoisotopic (exact) mass is 250 g/mol. The topological polar surface area (TPSA) is 70.7 Å². The SMILES string of the molecule is CC(=O)Nc1cc(-c2[nH]c(C)nc2Cl)ccn1. The first-order chi connectivity index (χ1) is 8.06. The third-order valence-corrected chi connectivity index (χ3v) is 2.40. The summed E-state index contributed by atoms with van der Waals surface area (Å²) in [5.41, 5.74) is 1.55. The zero-order chi connectivity index (χ0) is 12.4. The maximum atomic E-state index is 10.9. The van der Waals surface area contributed by atoms with E-state index in [1.54, 1.807) is 18.3 Å². The molecular weight excluding hydrogens is 240 g/mol. The van der Waals surface area contributed by atoms with Crippen molar-refractivity contribution in [1.29, 1.82) is 0 Å². The Morgan fingerprint density at radius 3 is 2.88 bits per heavy atom. The van der Waals surface area contributed by atoms with Crippen LogP contribution in [0, 0.1) is 6.92 Å². The van der Waals surface area contributed by atoms with Crippen molar-refractivity contribution in [1.82, 2.24) is 15.0 Å². The molecule has 0 aliphatic carbocycles. The van der Waals surface area contributed by atoms with Crippen molar-refractivity contribution in [2.24, 2.45) is 0 Å². The van der Waals surface area contributed by atoms with Crippen molar-refractivity contribution in [3.05, 3.63) is 29.3 Å². The molecule has 0 unspecified atom stereocenters. The molecule has 0 aliphatic heterocycles. The van der Waals surface area contributed by atoms with Crippen LogP contribution in [-0.4, -0.2) is 20.9 Å². The Morgan fingerprint density at radius 2 is 2.29 bits per heavy atom. The maximum Gasteiger partial charge on any atom is 0.222 e. The highest BCUT2D eigenvalue weighted by molar-refractivity contribution is 6.31. The summed E-state index contributed by atoms with van der Waals surface area (Å²) in [6.07, 6.45) is 1.60. The van der Waals surface area contributed by atoms with Crippen LogP contribution in [-0.2, 0) is 4.79 Å². The van der Waals surface area contributed by atoms with Crippen LogP contribution in [0.4, 0.5) is 5.82 Å². The third kappa shape index (κ3) is 2.62. The van der Waals surface area contributed by atoms with Crippen molar-refractivity contribution in [2.45, 2.75) is 13.8 Å². The van der Waals surface area contributed by atoms with Gasteiger partial charge in [0.25, 0.3) is 0 Å². The minimum atomic E-state index is -0.165. The van der Waals surface area contributed by atoms with E-state index >= 15 is 0 Å². The Morgan fingerprint density at radius 1 is 1.53 bits per heavy atom. The number of rotatable bonds is 2. The minimum absolute atomic E-state index is 0.165. The van der Waals surface area contributed by atoms with Crippen LogP contribution >= 0.6 is 11.6 Å². The molecule has 0 radical (unpaired) electrons. The van der Waals surface area contributed by atoms with Crippen LogP contribution in [0.5, 0.6) is 0 Å². The Balaban J connectivity index is 2.39. The zero-order valence-electron chi connectivity index (χ0n) is 9.41. The number of pyridine rings is 1. The molecule has 88 valence electrons. The second-order valence-corrected chi connectivity index (χ2v) is 3.96. The highest BCUT2D eigenvalue weighted by atomic mass is 35.5. The molecule has 0 saturated carbocycles. The number of anilines is 1. The van der Waals surface area contributed by atoms with Gasteiger partial charge < -0.3 is 10.3 Å². The van der Waals surface area contributed by atoms with Crippen molar-refractivity contribution in [3.8, 4) is 11.3 Å². The molecular formula is C11H11ClN4O. The van der Waals surface area contributed by atoms with Gasteiger partial charge in [0.05, 0.1) is 5.69 Å². The molecule has 0 fully saturated rings. The molecule has 0 atom stereocenters. The fraction of sp³-hybridized carbons (Fsp3) is 0.182. The Bertz CT molecular complexity index is 564. The first kappa shape index (κ1) is 11.6. The molecule has 1 amide bonds. The second kappa shape index (κ2) is 4.55. The number of hydrogen-bond donors (Lipinski definition) is 2. The van der Waals surface area contributed by atoms with Crippen LogP contribution in [0.25, 0.3) is 11.3 Å². The average Bonchev–Trinajstić information content (AvgIpc) is 2.57. The second-order valence-electron chi connectivity index (χ2n) is 3.60. The molecule has 0 saturated heterocycles. The highest BCUT2D eigenvalue weighted by Crippen LogP contribution is 2.26. The van der Waals surface area contributed by atoms with Gasteiger partial charge in [0.15, 0.2) is 5.15 Å². The standard InChI is InChI=1S/C11H11ClN4O/c1-6-14-10(11(12)15-6)8-3-4-13-9(5-8)16-7(2)17/h3-5H,1-2H3,(H,14,15)(H,13,16,17). The number of imidazole rings is 1. The van der Waals surface area contributed by atoms with Gasteiger partial charge in [0, 0.05) is 18.7 Å². The van der Waals surface area contributed by atoms with E-state index in [-0.39, 0.29) is 5.91 Å². The van der Waals surface area contributed by atoms with E-state index in [9.17, 15) is 4.79 Å². The molecule has 2 heterocycles. The molecule has 2 N–H and O–H groups in total. The summed E-state index contributed by atoms with van der Waals surface area (Å²) in [6.45, 7) is 3.26. The Kier molecular flexibility index (Phi) is 3.10. The van der Waals surface area contributed by atoms with Crippen LogP contribution < -0.4 is 5.32 Å². The van der Waals surface area contributed by atoms with Gasteiger partial charge in [0.1, 0.15) is 11.6 Å². The molecule has 0 spiro atoms. The van der Waals surface area contributed by atoms with E-state index in [2.05, 4.69) is 20.3 Å². The van der Waals surface area contributed by atoms with Crippen LogP contribution in [0.2, 0.25) is 5.15 Å². The summed E-state index contributed by atoms with van der Waals surface area (Å²) in [4.78, 5) is 22.1. The van der Waals surface area contributed by atoms with E-state index in [0.717, 1.165) is 17.1 Å². The van der Waals surface area contributed by atoms with Gasteiger partial charge in [-0.3, -0.25) is 4.79 Å². The predicted octanol–water partition coefficient (Wildman–Crippen LogP) is 2.39. The van der Waals surface area contributed by atoms with Crippen molar-refractivity contribution in [3.63, 3.8) is 0 Å². The largest absolute Gasteiger partial charge is 0.341 e. The van der Waals surface area contributed by atoms with Gasteiger partial charge in [-0.05, 0) is 19.1 Å². The van der Waals surface area contributed by atoms with E-state index in [0.29, 0.717) is 11.0 Å². The number of carbonyl (C=O) groups excluding carboxylic acids is 1. The van der Waals surface area contributed by atoms with Gasteiger partial charge in [0.2, 0.25) is 5.91 Å². The number of aryl methyl sites for hydroxylation is 1. The maximum absolute atomic E-state index is 10.9. The van der Waals surface area contributed by atoms with Gasteiger partial charge in [-0.15, -0.1) is 0 Å². The summed E-state index contributed by atoms with van der Waals surface area (Å²) in [6, 6.07) is 3.53. The minimum Gasteiger partial charge on any atom is -0.341 e. The van der Waals surface area contributed by atoms with Crippen molar-refractivity contribution >= 4 is 23.3 Å². The molecule has 17 heavy (non-hydrogen) atoms. The van der Waals surface area contributed by atoms with Crippen LogP contribution in [0.15, 0.2) is 18.3 Å². The summed E-state index contributed by atoms with van der Waals surface area (Å²) in [5.74, 6) is 1.06. The molecule has 0 aliphatic rings. The summed E-state index contributed by atoms with van der Waals surface area (Å²) in [5, 5.41) is 3.02. The number of nitrogens with zero attached hydrogens (tertiary/aromatic N) is 2. The highest BCUT2D eigenvalue weighted by Gasteiger charge is 2.09. The number of hydrogen-bond acceptors (Lipinski definition) is 3. The van der Waals surface area contributed by atoms with Crippen LogP contribution in [0.3, 0.4) is 0 Å². The van der Waals surface area contributed by atoms with Crippen LogP contribution in [0.1, 0.15) is 12.7 Å². The van der Waals surface area contributed by atoms with Crippen molar-refractivity contribution < 1.29 is 4.79 Å². The first-order valence-electron chi connectivity index (χ1n) is 5.02. The molecule has 2 rings (SSSR count). The van der Waals surface area contributed by atoms with E-state index in [1.807, 2.05) is 6.92 Å². The lowest BCUT2D eigenvalue weighted by molar-refractivity contribution is -0.114. The molecule has 5 nitrogen and oxygen atoms in total. The Hall–Kier alpha value is -1.88. The molecule has 6 heteroatoms. The summed E-state index contributed by atoms with van der Waals surface area (Å²) < 4.78 is 0. The number of amides is 1. The molecule has 2 aromatic rings. The summed E-state index contributed by atoms with van der Waals surface area (Å²) >= 11 is 5.99. The lowest BCUT2D eigenvalue weighted by Gasteiger charge is -2.03. The van der Waals surface area contributed by atoms with Gasteiger partial charge >= 0.3 is 0 Å². The van der Waals surface area contributed by atoms with Gasteiger partial charge in [-0.2, -0.15) is 0 Å². The average molecular weight is 251 g/mol. The predicted molar refractivity (Wildman–Crippen MR) is 65.9 cm³/mol. The van der Waals surface area contributed by atoms with Crippen molar-refractivity contribution in [2.75, 3.05) is 5.32 Å². The normalized spacial score (nSPS) is 10.3. The first-order valence-corrected chi connectivity index (χ1v) is 5.40.